The summed E-state index contributed by atoms with van der Waals surface area (Å²) >= 11 is 0. The molecule has 2 nitrogen and oxygen atoms in total. The Morgan fingerprint density at radius 2 is 1.83 bits per heavy atom. The van der Waals surface area contributed by atoms with Gasteiger partial charge in [-0.2, -0.15) is 0 Å². The molecule has 0 aliphatic heterocycles. The van der Waals surface area contributed by atoms with Gasteiger partial charge >= 0.3 is 0 Å². The molecule has 0 N–H and O–H groups in total. The fourth-order valence-electron chi connectivity index (χ4n) is 2.05. The fraction of sp³-hybridized carbons (Fsp3) is 0.333. The monoisotopic (exact) mass is 262 g/mol. The topological polar surface area (TPSA) is 16.8 Å². The first-order valence-electron chi connectivity index (χ1n) is 6.10. The Morgan fingerprint density at radius 1 is 1.17 bits per heavy atom. The van der Waals surface area contributed by atoms with Crippen LogP contribution in [0.2, 0.25) is 0 Å². The highest BCUT2D eigenvalue weighted by Crippen LogP contribution is 2.08. The maximum atomic E-state index is 4.64. The van der Waals surface area contributed by atoms with E-state index in [1.807, 2.05) is 6.07 Å². The van der Waals surface area contributed by atoms with E-state index in [1.165, 1.54) is 11.3 Å². The molecular formula is C15H19ClN2. The molecule has 0 amide bonds. The first-order valence-corrected chi connectivity index (χ1v) is 6.10. The summed E-state index contributed by atoms with van der Waals surface area (Å²) in [6, 6.07) is 12.7. The van der Waals surface area contributed by atoms with Gasteiger partial charge in [0.2, 0.25) is 0 Å². The van der Waals surface area contributed by atoms with E-state index in [0.717, 1.165) is 24.4 Å². The molecule has 0 saturated carbocycles. The lowest BCUT2D eigenvalue weighted by molar-refractivity contribution is -0.688. The summed E-state index contributed by atoms with van der Waals surface area (Å²) in [4.78, 5) is 4.64. The highest BCUT2D eigenvalue weighted by Gasteiger charge is 2.12. The van der Waals surface area contributed by atoms with E-state index in [4.69, 9.17) is 0 Å². The van der Waals surface area contributed by atoms with Crippen molar-refractivity contribution in [1.82, 2.24) is 4.98 Å². The van der Waals surface area contributed by atoms with E-state index >= 15 is 0 Å². The average molecular weight is 263 g/mol. The number of halogens is 1. The molecule has 0 atom stereocenters. The number of nitrogens with zero attached hydrogens (tertiary/aromatic N) is 2. The van der Waals surface area contributed by atoms with Gasteiger partial charge in [-0.1, -0.05) is 42.2 Å². The van der Waals surface area contributed by atoms with E-state index in [9.17, 15) is 0 Å². The third kappa shape index (κ3) is 3.30. The van der Waals surface area contributed by atoms with Crippen molar-refractivity contribution in [2.24, 2.45) is 7.05 Å². The summed E-state index contributed by atoms with van der Waals surface area (Å²) < 4.78 is 2.16. The maximum absolute atomic E-state index is 4.64. The Hall–Kier alpha value is -1.41. The fourth-order valence-corrected chi connectivity index (χ4v) is 2.05. The van der Waals surface area contributed by atoms with Crippen molar-refractivity contribution in [1.29, 1.82) is 0 Å². The third-order valence-electron chi connectivity index (χ3n) is 3.15. The van der Waals surface area contributed by atoms with Crippen LogP contribution in [0.1, 0.15) is 29.7 Å². The van der Waals surface area contributed by atoms with Crippen LogP contribution in [0.25, 0.3) is 0 Å². The van der Waals surface area contributed by atoms with Crippen molar-refractivity contribution in [3.63, 3.8) is 0 Å². The second-order valence-electron chi connectivity index (χ2n) is 4.36. The van der Waals surface area contributed by atoms with Crippen molar-refractivity contribution in [3.8, 4) is 0 Å². The minimum absolute atomic E-state index is 0. The standard InChI is InChI=1S/C15H19N2.ClH/c1-4-15-11-14(16-12(2)17(15)3)10-13-8-6-5-7-9-13;/h5-9,11H,4,10H2,1-3H3;1H/q+1;/p-1. The zero-order valence-electron chi connectivity index (χ0n) is 11.2. The molecule has 96 valence electrons. The Bertz CT molecular complexity index is 509. The summed E-state index contributed by atoms with van der Waals surface area (Å²) in [7, 11) is 2.08. The van der Waals surface area contributed by atoms with Crippen molar-refractivity contribution in [2.75, 3.05) is 0 Å². The van der Waals surface area contributed by atoms with Crippen LogP contribution in [-0.4, -0.2) is 4.98 Å². The van der Waals surface area contributed by atoms with E-state index in [2.05, 4.69) is 60.8 Å². The summed E-state index contributed by atoms with van der Waals surface area (Å²) in [6.07, 6.45) is 1.96. The summed E-state index contributed by atoms with van der Waals surface area (Å²) in [6.45, 7) is 4.24. The molecule has 0 radical (unpaired) electrons. The Morgan fingerprint density at radius 3 is 2.44 bits per heavy atom. The quantitative estimate of drug-likeness (QED) is 0.674. The van der Waals surface area contributed by atoms with Crippen molar-refractivity contribution >= 4 is 0 Å². The molecule has 2 aromatic rings. The third-order valence-corrected chi connectivity index (χ3v) is 3.15. The molecule has 0 bridgehead atoms. The molecule has 18 heavy (non-hydrogen) atoms. The minimum atomic E-state index is 0. The molecule has 1 aromatic heterocycles. The molecule has 1 heterocycles. The van der Waals surface area contributed by atoms with Gasteiger partial charge in [0.25, 0.3) is 5.82 Å². The van der Waals surface area contributed by atoms with Crippen LogP contribution >= 0.6 is 0 Å². The summed E-state index contributed by atoms with van der Waals surface area (Å²) in [5.41, 5.74) is 3.81. The molecular weight excluding hydrogens is 244 g/mol. The molecule has 0 spiro atoms. The van der Waals surface area contributed by atoms with Crippen LogP contribution < -0.4 is 17.0 Å². The molecule has 0 aliphatic rings. The van der Waals surface area contributed by atoms with Gasteiger partial charge in [-0.3, -0.25) is 0 Å². The van der Waals surface area contributed by atoms with Gasteiger partial charge in [0.15, 0.2) is 5.69 Å². The molecule has 0 fully saturated rings. The predicted octanol–water partition coefficient (Wildman–Crippen LogP) is -0.628. The van der Waals surface area contributed by atoms with Crippen LogP contribution in [0.3, 0.4) is 0 Å². The van der Waals surface area contributed by atoms with Crippen LogP contribution in [0.5, 0.6) is 0 Å². The second-order valence-corrected chi connectivity index (χ2v) is 4.36. The highest BCUT2D eigenvalue weighted by molar-refractivity contribution is 5.21. The van der Waals surface area contributed by atoms with Crippen molar-refractivity contribution < 1.29 is 17.0 Å². The predicted molar refractivity (Wildman–Crippen MR) is 68.8 cm³/mol. The zero-order chi connectivity index (χ0) is 12.3. The largest absolute Gasteiger partial charge is 1.00 e. The Balaban J connectivity index is 0.00000162. The number of rotatable bonds is 3. The van der Waals surface area contributed by atoms with Crippen LogP contribution in [-0.2, 0) is 19.9 Å². The molecule has 1 aromatic carbocycles. The average Bonchev–Trinajstić information content (AvgIpc) is 2.35. The molecule has 0 saturated heterocycles. The zero-order valence-corrected chi connectivity index (χ0v) is 11.9. The van der Waals surface area contributed by atoms with Crippen molar-refractivity contribution in [3.05, 3.63) is 59.2 Å². The van der Waals surface area contributed by atoms with Gasteiger partial charge in [0.1, 0.15) is 5.69 Å². The van der Waals surface area contributed by atoms with E-state index in [-0.39, 0.29) is 12.4 Å². The Kier molecular flexibility index (Phi) is 5.29. The summed E-state index contributed by atoms with van der Waals surface area (Å²) in [5.74, 6) is 1.08. The SMILES string of the molecule is CCc1cc(Cc2ccccc2)nc(C)[n+]1C.[Cl-]. The van der Waals surface area contributed by atoms with Gasteiger partial charge in [0, 0.05) is 25.8 Å². The molecule has 3 heteroatoms. The second kappa shape index (κ2) is 6.50. The lowest BCUT2D eigenvalue weighted by Crippen LogP contribution is -3.00. The van der Waals surface area contributed by atoms with Gasteiger partial charge in [0.05, 0.1) is 7.05 Å². The number of benzene rings is 1. The molecule has 0 unspecified atom stereocenters. The number of aryl methyl sites for hydroxylation is 2. The first-order chi connectivity index (χ1) is 8.20. The lowest BCUT2D eigenvalue weighted by Gasteiger charge is -2.04. The van der Waals surface area contributed by atoms with E-state index in [0.29, 0.717) is 0 Å². The van der Waals surface area contributed by atoms with Gasteiger partial charge < -0.3 is 12.4 Å². The van der Waals surface area contributed by atoms with Gasteiger partial charge in [-0.15, -0.1) is 0 Å². The Labute approximate surface area is 115 Å². The smallest absolute Gasteiger partial charge is 0.295 e. The van der Waals surface area contributed by atoms with Crippen LogP contribution in [0, 0.1) is 6.92 Å². The molecule has 0 aliphatic carbocycles. The van der Waals surface area contributed by atoms with Crippen molar-refractivity contribution in [2.45, 2.75) is 26.7 Å². The lowest BCUT2D eigenvalue weighted by atomic mass is 10.1. The van der Waals surface area contributed by atoms with Gasteiger partial charge in [-0.25, -0.2) is 4.57 Å². The first kappa shape index (κ1) is 14.7. The maximum Gasteiger partial charge on any atom is 0.295 e. The summed E-state index contributed by atoms with van der Waals surface area (Å²) in [5, 5.41) is 0. The number of aromatic nitrogens is 2. The number of hydrogen-bond acceptors (Lipinski definition) is 1. The number of hydrogen-bond donors (Lipinski definition) is 0. The highest BCUT2D eigenvalue weighted by atomic mass is 35.5. The van der Waals surface area contributed by atoms with Crippen LogP contribution in [0.4, 0.5) is 0 Å². The van der Waals surface area contributed by atoms with Gasteiger partial charge in [-0.05, 0) is 5.56 Å². The minimum Gasteiger partial charge on any atom is -1.00 e. The van der Waals surface area contributed by atoms with E-state index in [1.54, 1.807) is 0 Å². The van der Waals surface area contributed by atoms with Crippen LogP contribution in [0.15, 0.2) is 36.4 Å². The normalized spacial score (nSPS) is 9.94. The molecule has 2 rings (SSSR count). The van der Waals surface area contributed by atoms with E-state index < -0.39 is 0 Å².